The third kappa shape index (κ3) is 26.5. The second kappa shape index (κ2) is 22.5. The Morgan fingerprint density at radius 2 is 0.864 bits per heavy atom. The monoisotopic (exact) mass is 837 g/mol. The van der Waals surface area contributed by atoms with Crippen molar-refractivity contribution in [2.45, 2.75) is 157 Å². The van der Waals surface area contributed by atoms with E-state index in [1.54, 1.807) is 131 Å². The van der Waals surface area contributed by atoms with E-state index in [0.717, 1.165) is 5.56 Å². The molecule has 1 atom stereocenters. The topological polar surface area (TPSA) is 184 Å². The number of nitrogens with zero attached hydrogens (tertiary/aromatic N) is 4. The normalized spacial score (nSPS) is 13.3. The van der Waals surface area contributed by atoms with Gasteiger partial charge in [0.2, 0.25) is 0 Å². The van der Waals surface area contributed by atoms with E-state index in [1.807, 2.05) is 0 Å². The highest BCUT2D eigenvalue weighted by Crippen LogP contribution is 2.19. The highest BCUT2D eigenvalue weighted by Gasteiger charge is 2.32. The Morgan fingerprint density at radius 3 is 1.20 bits per heavy atom. The molecule has 0 bridgehead atoms. The summed E-state index contributed by atoms with van der Waals surface area (Å²) < 4.78 is 28.2. The minimum atomic E-state index is -0.811. The fourth-order valence-electron chi connectivity index (χ4n) is 5.81. The number of carbonyl (C=O) groups excluding carboxylic acids is 5. The minimum Gasteiger partial charge on any atom is -0.459 e. The second-order valence-corrected chi connectivity index (χ2v) is 19.8. The van der Waals surface area contributed by atoms with E-state index < -0.39 is 68.8 Å². The van der Waals surface area contributed by atoms with Gasteiger partial charge in [-0.3, -0.25) is 48.8 Å². The van der Waals surface area contributed by atoms with E-state index in [0.29, 0.717) is 19.3 Å². The van der Waals surface area contributed by atoms with Crippen LogP contribution in [0.5, 0.6) is 0 Å². The summed E-state index contributed by atoms with van der Waals surface area (Å²) in [6, 6.07) is 5.69. The number of aryl methyl sites for hydroxylation is 1. The van der Waals surface area contributed by atoms with Crippen LogP contribution in [0.4, 0.5) is 5.69 Å². The summed E-state index contributed by atoms with van der Waals surface area (Å²) in [6.07, 6.45) is 1.46. The average Bonchev–Trinajstić information content (AvgIpc) is 2.98. The summed E-state index contributed by atoms with van der Waals surface area (Å²) in [7, 11) is 0. The molecule has 0 aromatic heterocycles. The van der Waals surface area contributed by atoms with Crippen molar-refractivity contribution in [3.05, 3.63) is 39.9 Å². The van der Waals surface area contributed by atoms with Gasteiger partial charge in [-0.25, -0.2) is 0 Å². The molecule has 1 unspecified atom stereocenters. The lowest BCUT2D eigenvalue weighted by Gasteiger charge is -2.36. The first-order valence-corrected chi connectivity index (χ1v) is 20.2. The molecule has 0 saturated heterocycles. The highest BCUT2D eigenvalue weighted by molar-refractivity contribution is 5.76. The second-order valence-electron chi connectivity index (χ2n) is 19.8. The van der Waals surface area contributed by atoms with Gasteiger partial charge in [0.05, 0.1) is 37.6 Å². The molecule has 0 fully saturated rings. The molecule has 0 radical (unpaired) electrons. The number of hydrogen-bond acceptors (Lipinski definition) is 15. The SMILES string of the molecule is CC(C)(C)OC(=O)CN(CCN(CC(=O)OC(C)(C)C)CC(CCCc1ccc([N+](=O)[O-])cc1)N(CC(=O)OC(C)(C)C)CC(=O)OC(C)(C)C)CC(=O)OC(C)(C)C. The average molecular weight is 837 g/mol. The summed E-state index contributed by atoms with van der Waals surface area (Å²) in [5, 5.41) is 11.2. The molecular weight excluding hydrogens is 764 g/mol. The number of carbonyl (C=O) groups is 5. The lowest BCUT2D eigenvalue weighted by atomic mass is 10.0. The largest absolute Gasteiger partial charge is 0.459 e. The minimum absolute atomic E-state index is 0.0299. The van der Waals surface area contributed by atoms with Crippen LogP contribution in [0.25, 0.3) is 0 Å². The Labute approximate surface area is 351 Å². The van der Waals surface area contributed by atoms with E-state index in [2.05, 4.69) is 0 Å². The Morgan fingerprint density at radius 1 is 0.542 bits per heavy atom. The molecule has 0 saturated carbocycles. The van der Waals surface area contributed by atoms with Gasteiger partial charge < -0.3 is 23.7 Å². The van der Waals surface area contributed by atoms with Crippen LogP contribution in [0, 0.1) is 10.1 Å². The molecule has 0 aliphatic carbocycles. The summed E-state index contributed by atoms with van der Waals surface area (Å²) in [5.74, 6) is -2.77. The lowest BCUT2D eigenvalue weighted by Crippen LogP contribution is -2.52. The van der Waals surface area contributed by atoms with Gasteiger partial charge in [0.15, 0.2) is 0 Å². The van der Waals surface area contributed by atoms with E-state index in [-0.39, 0.29) is 58.0 Å². The van der Waals surface area contributed by atoms with Gasteiger partial charge >= 0.3 is 29.8 Å². The molecule has 1 aromatic carbocycles. The van der Waals surface area contributed by atoms with Crippen molar-refractivity contribution in [2.75, 3.05) is 52.4 Å². The number of benzene rings is 1. The molecule has 1 rings (SSSR count). The van der Waals surface area contributed by atoms with Crippen molar-refractivity contribution in [2.24, 2.45) is 0 Å². The zero-order valence-corrected chi connectivity index (χ0v) is 38.4. The Bertz CT molecular complexity index is 1480. The fraction of sp³-hybridized carbons (Fsp3) is 0.744. The van der Waals surface area contributed by atoms with Crippen LogP contribution in [0.3, 0.4) is 0 Å². The van der Waals surface area contributed by atoms with E-state index >= 15 is 0 Å². The van der Waals surface area contributed by atoms with E-state index in [9.17, 15) is 34.1 Å². The summed E-state index contributed by atoms with van der Waals surface area (Å²) in [5.41, 5.74) is -3.14. The molecule has 0 amide bonds. The van der Waals surface area contributed by atoms with E-state index in [1.165, 1.54) is 12.1 Å². The smallest absolute Gasteiger partial charge is 0.320 e. The molecule has 0 aliphatic heterocycles. The molecule has 1 aromatic rings. The first kappa shape index (κ1) is 52.9. The summed E-state index contributed by atoms with van der Waals surface area (Å²) in [4.78, 5) is 82.2. The van der Waals surface area contributed by atoms with Crippen molar-refractivity contribution in [3.8, 4) is 0 Å². The molecule has 0 heterocycles. The molecule has 16 heteroatoms. The Hall–Kier alpha value is -4.15. The molecule has 0 aliphatic rings. The number of nitro benzene ring substituents is 1. The number of rotatable bonds is 21. The van der Waals surface area contributed by atoms with Crippen LogP contribution in [-0.2, 0) is 54.1 Å². The predicted molar refractivity (Wildman–Crippen MR) is 224 cm³/mol. The zero-order chi connectivity index (χ0) is 45.6. The van der Waals surface area contributed by atoms with Gasteiger partial charge in [-0.15, -0.1) is 0 Å². The molecule has 16 nitrogen and oxygen atoms in total. The maximum absolute atomic E-state index is 13.4. The van der Waals surface area contributed by atoms with Crippen molar-refractivity contribution < 1.29 is 52.6 Å². The third-order valence-corrected chi connectivity index (χ3v) is 7.69. The first-order chi connectivity index (χ1) is 26.7. The maximum atomic E-state index is 13.4. The van der Waals surface area contributed by atoms with Crippen LogP contribution in [-0.4, -0.2) is 136 Å². The molecule has 0 N–H and O–H groups in total. The van der Waals surface area contributed by atoms with Gasteiger partial charge in [0.25, 0.3) is 5.69 Å². The quantitative estimate of drug-likeness (QED) is 0.0617. The van der Waals surface area contributed by atoms with Crippen molar-refractivity contribution in [3.63, 3.8) is 0 Å². The fourth-order valence-corrected chi connectivity index (χ4v) is 5.81. The summed E-state index contributed by atoms with van der Waals surface area (Å²) >= 11 is 0. The van der Waals surface area contributed by atoms with Gasteiger partial charge in [-0.1, -0.05) is 12.1 Å². The van der Waals surface area contributed by atoms with Crippen LogP contribution in [0.15, 0.2) is 24.3 Å². The number of ether oxygens (including phenoxy) is 5. The van der Waals surface area contributed by atoms with Gasteiger partial charge in [0.1, 0.15) is 28.0 Å². The first-order valence-electron chi connectivity index (χ1n) is 20.2. The van der Waals surface area contributed by atoms with Crippen molar-refractivity contribution >= 4 is 35.5 Å². The number of esters is 5. The standard InChI is InChI=1S/C43H72N4O12/c1-39(2,3)55-34(48)26-44(23-24-45(27-35(49)56-40(4,5)6)28-36(50)57-41(7,8)9)25-33(18-16-17-31-19-21-32(22-20-31)47(53)54)46(29-37(51)58-42(10,11)12)30-38(52)59-43(13,14)15/h19-22,33H,16-18,23-30H2,1-15H3. The predicted octanol–water partition coefficient (Wildman–Crippen LogP) is 5.90. The van der Waals surface area contributed by atoms with Crippen molar-refractivity contribution in [1.82, 2.24) is 14.7 Å². The maximum Gasteiger partial charge on any atom is 0.320 e. The number of non-ortho nitro benzene ring substituents is 1. The number of hydrogen-bond donors (Lipinski definition) is 0. The van der Waals surface area contributed by atoms with Crippen LogP contribution in [0.1, 0.15) is 122 Å². The Kier molecular flexibility index (Phi) is 20.1. The van der Waals surface area contributed by atoms with Crippen LogP contribution >= 0.6 is 0 Å². The molecule has 59 heavy (non-hydrogen) atoms. The number of nitro groups is 1. The van der Waals surface area contributed by atoms with Crippen LogP contribution < -0.4 is 0 Å². The van der Waals surface area contributed by atoms with Gasteiger partial charge in [-0.05, 0) is 129 Å². The van der Waals surface area contributed by atoms with Gasteiger partial charge in [-0.2, -0.15) is 0 Å². The van der Waals surface area contributed by atoms with Gasteiger partial charge in [0, 0.05) is 37.8 Å². The summed E-state index contributed by atoms with van der Waals surface area (Å²) in [6.45, 7) is 25.4. The third-order valence-electron chi connectivity index (χ3n) is 7.69. The lowest BCUT2D eigenvalue weighted by molar-refractivity contribution is -0.384. The zero-order valence-electron chi connectivity index (χ0n) is 38.4. The van der Waals surface area contributed by atoms with E-state index in [4.69, 9.17) is 23.7 Å². The van der Waals surface area contributed by atoms with Crippen LogP contribution in [0.2, 0.25) is 0 Å². The Balaban J connectivity index is 3.70. The molecule has 336 valence electrons. The molecule has 0 spiro atoms. The molecular formula is C43H72N4O12. The highest BCUT2D eigenvalue weighted by atomic mass is 16.6. The van der Waals surface area contributed by atoms with Crippen molar-refractivity contribution in [1.29, 1.82) is 0 Å².